The molecular formula is C25H36O4. The highest BCUT2D eigenvalue weighted by Gasteiger charge is 2.49. The molecule has 0 aromatic heterocycles. The van der Waals surface area contributed by atoms with Crippen LogP contribution in [0.2, 0.25) is 0 Å². The molecule has 2 aliphatic rings. The van der Waals surface area contributed by atoms with Crippen LogP contribution in [0, 0.1) is 17.8 Å². The van der Waals surface area contributed by atoms with Gasteiger partial charge in [-0.05, 0) is 87.8 Å². The second kappa shape index (κ2) is 9.32. The van der Waals surface area contributed by atoms with E-state index < -0.39 is 11.9 Å². The van der Waals surface area contributed by atoms with E-state index in [0.29, 0.717) is 0 Å². The zero-order valence-electron chi connectivity index (χ0n) is 17.8. The van der Waals surface area contributed by atoms with Gasteiger partial charge in [0, 0.05) is 0 Å². The van der Waals surface area contributed by atoms with Crippen LogP contribution in [-0.2, 0) is 22.4 Å². The third-order valence-electron chi connectivity index (χ3n) is 7.24. The predicted octanol–water partition coefficient (Wildman–Crippen LogP) is 5.93. The maximum Gasteiger partial charge on any atom is 0.309 e. The van der Waals surface area contributed by atoms with Crippen LogP contribution in [0.15, 0.2) is 18.2 Å². The molecule has 0 saturated heterocycles. The van der Waals surface area contributed by atoms with Crippen molar-refractivity contribution in [2.24, 2.45) is 10.8 Å². The van der Waals surface area contributed by atoms with E-state index in [9.17, 15) is 19.8 Å². The molecule has 0 atom stereocenters. The van der Waals surface area contributed by atoms with Gasteiger partial charge < -0.3 is 10.2 Å². The quantitative estimate of drug-likeness (QED) is 0.380. The molecule has 3 rings (SSSR count). The first-order valence-electron chi connectivity index (χ1n) is 11.4. The molecule has 0 aliphatic heterocycles. The summed E-state index contributed by atoms with van der Waals surface area (Å²) in [7, 11) is 0. The third-order valence-corrected chi connectivity index (χ3v) is 7.24. The topological polar surface area (TPSA) is 74.6 Å². The molecule has 0 unspecified atom stereocenters. The van der Waals surface area contributed by atoms with Crippen molar-refractivity contribution in [1.29, 1.82) is 0 Å². The number of aliphatic carboxylic acids is 2. The summed E-state index contributed by atoms with van der Waals surface area (Å²) in [4.78, 5) is 22.4. The van der Waals surface area contributed by atoms with Crippen molar-refractivity contribution in [3.05, 3.63) is 34.9 Å². The molecular weight excluding hydrogens is 364 g/mol. The molecule has 1 aromatic rings. The Morgan fingerprint density at radius 2 is 1.31 bits per heavy atom. The van der Waals surface area contributed by atoms with E-state index in [2.05, 4.69) is 25.1 Å². The van der Waals surface area contributed by atoms with Gasteiger partial charge in [-0.2, -0.15) is 0 Å². The molecule has 2 aliphatic carbocycles. The van der Waals surface area contributed by atoms with Gasteiger partial charge in [0.1, 0.15) is 0 Å². The fraction of sp³-hybridized carbons (Fsp3) is 0.680. The molecule has 4 nitrogen and oxygen atoms in total. The maximum atomic E-state index is 11.2. The molecule has 0 heterocycles. The number of rotatable bonds is 14. The highest BCUT2D eigenvalue weighted by Crippen LogP contribution is 2.50. The van der Waals surface area contributed by atoms with Crippen molar-refractivity contribution in [1.82, 2.24) is 0 Å². The minimum atomic E-state index is -0.605. The van der Waals surface area contributed by atoms with Crippen molar-refractivity contribution >= 4 is 11.9 Å². The zero-order valence-corrected chi connectivity index (χ0v) is 17.8. The molecule has 1 aromatic carbocycles. The Labute approximate surface area is 174 Å². The van der Waals surface area contributed by atoms with Crippen LogP contribution in [0.1, 0.15) is 93.7 Å². The van der Waals surface area contributed by atoms with Gasteiger partial charge in [-0.1, -0.05) is 43.9 Å². The van der Waals surface area contributed by atoms with Crippen molar-refractivity contribution in [3.8, 4) is 0 Å². The summed E-state index contributed by atoms with van der Waals surface area (Å²) < 4.78 is 0. The SMILES string of the molecule is Cc1cc(CCCCC2(C(=O)O)CC2)ccc1CCCCCCC1(C(=O)O)CC1. The molecule has 0 spiro atoms. The maximum absolute atomic E-state index is 11.2. The molecule has 0 radical (unpaired) electrons. The summed E-state index contributed by atoms with van der Waals surface area (Å²) in [5, 5.41) is 18.5. The highest BCUT2D eigenvalue weighted by molar-refractivity contribution is 5.78. The summed E-state index contributed by atoms with van der Waals surface area (Å²) >= 11 is 0. The summed E-state index contributed by atoms with van der Waals surface area (Å²) in [5.74, 6) is -1.20. The van der Waals surface area contributed by atoms with Gasteiger partial charge >= 0.3 is 11.9 Å². The molecule has 0 amide bonds. The van der Waals surface area contributed by atoms with E-state index in [-0.39, 0.29) is 10.8 Å². The summed E-state index contributed by atoms with van der Waals surface area (Å²) in [5.41, 5.74) is 3.39. The molecule has 2 saturated carbocycles. The number of carboxylic acid groups (broad SMARTS) is 2. The van der Waals surface area contributed by atoms with Crippen molar-refractivity contribution in [2.75, 3.05) is 0 Å². The fourth-order valence-corrected chi connectivity index (χ4v) is 4.56. The Balaban J connectivity index is 1.30. The van der Waals surface area contributed by atoms with Crippen molar-refractivity contribution < 1.29 is 19.8 Å². The van der Waals surface area contributed by atoms with Crippen LogP contribution in [-0.4, -0.2) is 22.2 Å². The number of carboxylic acids is 2. The summed E-state index contributed by atoms with van der Waals surface area (Å²) in [6, 6.07) is 6.78. The Kier molecular flexibility index (Phi) is 7.02. The third kappa shape index (κ3) is 5.83. The Hall–Kier alpha value is -1.84. The Bertz CT molecular complexity index is 728. The van der Waals surface area contributed by atoms with Crippen LogP contribution in [0.4, 0.5) is 0 Å². The lowest BCUT2D eigenvalue weighted by atomic mass is 9.94. The first-order valence-corrected chi connectivity index (χ1v) is 11.4. The lowest BCUT2D eigenvalue weighted by molar-refractivity contribution is -0.144. The van der Waals surface area contributed by atoms with E-state index >= 15 is 0 Å². The van der Waals surface area contributed by atoms with E-state index in [4.69, 9.17) is 0 Å². The van der Waals surface area contributed by atoms with Gasteiger partial charge in [0.25, 0.3) is 0 Å². The number of unbranched alkanes of at least 4 members (excludes halogenated alkanes) is 4. The number of hydrogen-bond acceptors (Lipinski definition) is 2. The second-order valence-corrected chi connectivity index (χ2v) is 9.55. The summed E-state index contributed by atoms with van der Waals surface area (Å²) in [6.07, 6.45) is 13.8. The van der Waals surface area contributed by atoms with Gasteiger partial charge in [-0.3, -0.25) is 9.59 Å². The molecule has 29 heavy (non-hydrogen) atoms. The zero-order chi connectivity index (χ0) is 20.9. The number of hydrogen-bond donors (Lipinski definition) is 2. The number of carbonyl (C=O) groups is 2. The number of benzene rings is 1. The van der Waals surface area contributed by atoms with Crippen LogP contribution >= 0.6 is 0 Å². The predicted molar refractivity (Wildman–Crippen MR) is 114 cm³/mol. The van der Waals surface area contributed by atoms with Crippen LogP contribution in [0.5, 0.6) is 0 Å². The first kappa shape index (κ1) is 21.9. The van der Waals surface area contributed by atoms with Crippen molar-refractivity contribution in [3.63, 3.8) is 0 Å². The largest absolute Gasteiger partial charge is 0.481 e. The monoisotopic (exact) mass is 400 g/mol. The standard InChI is InChI=1S/C25H36O4/c1-19-18-20(8-5-7-13-25(16-17-25)23(28)29)10-11-21(19)9-4-2-3-6-12-24(14-15-24)22(26)27/h10-11,18H,2-9,12-17H2,1H3,(H,26,27)(H,28,29). The normalized spacial score (nSPS) is 18.4. The minimum Gasteiger partial charge on any atom is -0.481 e. The molecule has 160 valence electrons. The Morgan fingerprint density at radius 1 is 0.793 bits per heavy atom. The van der Waals surface area contributed by atoms with Gasteiger partial charge in [0.2, 0.25) is 0 Å². The first-order chi connectivity index (χ1) is 13.9. The van der Waals surface area contributed by atoms with E-state index in [0.717, 1.165) is 83.5 Å². The van der Waals surface area contributed by atoms with Crippen LogP contribution < -0.4 is 0 Å². The lowest BCUT2D eigenvalue weighted by Gasteiger charge is -2.11. The second-order valence-electron chi connectivity index (χ2n) is 9.55. The average Bonchev–Trinajstić information content (AvgIpc) is 3.58. The molecule has 2 fully saturated rings. The van der Waals surface area contributed by atoms with E-state index in [1.807, 2.05) is 0 Å². The Morgan fingerprint density at radius 3 is 1.83 bits per heavy atom. The molecule has 2 N–H and O–H groups in total. The molecule has 4 heteroatoms. The van der Waals surface area contributed by atoms with Gasteiger partial charge in [-0.15, -0.1) is 0 Å². The van der Waals surface area contributed by atoms with E-state index in [1.165, 1.54) is 23.1 Å². The van der Waals surface area contributed by atoms with Crippen LogP contribution in [0.25, 0.3) is 0 Å². The smallest absolute Gasteiger partial charge is 0.309 e. The van der Waals surface area contributed by atoms with Crippen molar-refractivity contribution in [2.45, 2.75) is 96.8 Å². The number of aryl methyl sites for hydroxylation is 3. The van der Waals surface area contributed by atoms with E-state index in [1.54, 1.807) is 0 Å². The summed E-state index contributed by atoms with van der Waals surface area (Å²) in [6.45, 7) is 2.19. The fourth-order valence-electron chi connectivity index (χ4n) is 4.56. The lowest BCUT2D eigenvalue weighted by Crippen LogP contribution is -2.14. The minimum absolute atomic E-state index is 0.362. The van der Waals surface area contributed by atoms with Gasteiger partial charge in [0.05, 0.1) is 10.8 Å². The van der Waals surface area contributed by atoms with Gasteiger partial charge in [0.15, 0.2) is 0 Å². The molecule has 0 bridgehead atoms. The van der Waals surface area contributed by atoms with Gasteiger partial charge in [-0.25, -0.2) is 0 Å². The average molecular weight is 401 g/mol. The highest BCUT2D eigenvalue weighted by atomic mass is 16.4. The van der Waals surface area contributed by atoms with Crippen LogP contribution in [0.3, 0.4) is 0 Å².